The highest BCUT2D eigenvalue weighted by Crippen LogP contribution is 2.45. The van der Waals surface area contributed by atoms with Gasteiger partial charge in [0.15, 0.2) is 0 Å². The number of carbonyl (C=O) groups is 2. The van der Waals surface area contributed by atoms with Crippen molar-refractivity contribution >= 4 is 11.9 Å². The molecule has 2 rings (SSSR count). The molecule has 1 aliphatic carbocycles. The van der Waals surface area contributed by atoms with E-state index in [0.29, 0.717) is 12.8 Å². The van der Waals surface area contributed by atoms with Crippen LogP contribution in [0.15, 0.2) is 0 Å². The van der Waals surface area contributed by atoms with Gasteiger partial charge in [-0.25, -0.2) is 0 Å². The molecule has 2 aliphatic rings. The van der Waals surface area contributed by atoms with Gasteiger partial charge in [-0.1, -0.05) is 0 Å². The predicted octanol–water partition coefficient (Wildman–Crippen LogP) is -0.454. The molecule has 3 atom stereocenters. The van der Waals surface area contributed by atoms with E-state index < -0.39 is 0 Å². The van der Waals surface area contributed by atoms with Crippen molar-refractivity contribution in [3.05, 3.63) is 0 Å². The summed E-state index contributed by atoms with van der Waals surface area (Å²) in [4.78, 5) is 22.5. The van der Waals surface area contributed by atoms with E-state index in [2.05, 4.69) is 10.1 Å². The van der Waals surface area contributed by atoms with Crippen molar-refractivity contribution in [2.75, 3.05) is 7.11 Å². The van der Waals surface area contributed by atoms with Crippen LogP contribution >= 0.6 is 0 Å². The molecule has 3 N–H and O–H groups in total. The van der Waals surface area contributed by atoms with Crippen molar-refractivity contribution in [1.29, 1.82) is 0 Å². The SMILES string of the molecule is COC(=O)CC[C@H]1C[C@@]2(C[C@@H]2N)NC1=O. The van der Waals surface area contributed by atoms with Crippen LogP contribution in [0.3, 0.4) is 0 Å². The maximum atomic E-state index is 11.6. The lowest BCUT2D eigenvalue weighted by Crippen LogP contribution is -2.33. The molecule has 5 nitrogen and oxygen atoms in total. The van der Waals surface area contributed by atoms with Gasteiger partial charge in [-0.15, -0.1) is 0 Å². The fraction of sp³-hybridized carbons (Fsp3) is 0.800. The molecule has 2 fully saturated rings. The van der Waals surface area contributed by atoms with Crippen LogP contribution in [-0.2, 0) is 14.3 Å². The van der Waals surface area contributed by atoms with Crippen molar-refractivity contribution in [2.45, 2.75) is 37.3 Å². The zero-order valence-electron chi connectivity index (χ0n) is 8.79. The Hall–Kier alpha value is -1.10. The molecule has 1 heterocycles. The van der Waals surface area contributed by atoms with Gasteiger partial charge in [0, 0.05) is 18.4 Å². The molecular weight excluding hydrogens is 196 g/mol. The Kier molecular flexibility index (Phi) is 2.42. The summed E-state index contributed by atoms with van der Waals surface area (Å²) in [5.74, 6) is -0.298. The number of methoxy groups -OCH3 is 1. The first-order valence-electron chi connectivity index (χ1n) is 5.22. The normalized spacial score (nSPS) is 37.9. The first-order valence-corrected chi connectivity index (χ1v) is 5.22. The molecular formula is C10H16N2O3. The van der Waals surface area contributed by atoms with Crippen molar-refractivity contribution in [2.24, 2.45) is 11.7 Å². The van der Waals surface area contributed by atoms with Crippen LogP contribution in [0.5, 0.6) is 0 Å². The van der Waals surface area contributed by atoms with E-state index in [1.807, 2.05) is 0 Å². The lowest BCUT2D eigenvalue weighted by molar-refractivity contribution is -0.141. The number of hydrogen-bond acceptors (Lipinski definition) is 4. The smallest absolute Gasteiger partial charge is 0.305 e. The Morgan fingerprint density at radius 2 is 2.33 bits per heavy atom. The number of nitrogens with one attached hydrogen (secondary N) is 1. The summed E-state index contributed by atoms with van der Waals surface area (Å²) in [6.07, 6.45) is 2.50. The number of rotatable bonds is 3. The number of carbonyl (C=O) groups excluding carboxylic acids is 2. The van der Waals surface area contributed by atoms with Crippen molar-refractivity contribution in [3.63, 3.8) is 0 Å². The molecule has 0 bridgehead atoms. The Morgan fingerprint density at radius 3 is 2.80 bits per heavy atom. The second-order valence-corrected chi connectivity index (χ2v) is 4.47. The lowest BCUT2D eigenvalue weighted by Gasteiger charge is -2.06. The van der Waals surface area contributed by atoms with E-state index >= 15 is 0 Å². The molecule has 1 spiro atoms. The number of hydrogen-bond donors (Lipinski definition) is 2. The van der Waals surface area contributed by atoms with Crippen LogP contribution in [0.4, 0.5) is 0 Å². The van der Waals surface area contributed by atoms with E-state index in [0.717, 1.165) is 12.8 Å². The molecule has 84 valence electrons. The third-order valence-corrected chi connectivity index (χ3v) is 3.41. The zero-order chi connectivity index (χ0) is 11.1. The van der Waals surface area contributed by atoms with E-state index in [1.54, 1.807) is 0 Å². The standard InChI is InChI=1S/C10H16N2O3/c1-15-8(13)3-2-6-4-10(5-7(10)11)12-9(6)14/h6-7H,2-5,11H2,1H3,(H,12,14)/t6-,7-,10-/m0/s1. The van der Waals surface area contributed by atoms with E-state index in [1.165, 1.54) is 7.11 Å². The molecule has 1 amide bonds. The summed E-state index contributed by atoms with van der Waals surface area (Å²) in [6, 6.07) is 0.101. The Balaban J connectivity index is 1.84. The average Bonchev–Trinajstić information content (AvgIpc) is 2.68. The summed E-state index contributed by atoms with van der Waals surface area (Å²) in [7, 11) is 1.36. The molecule has 0 radical (unpaired) electrons. The first-order chi connectivity index (χ1) is 7.07. The molecule has 15 heavy (non-hydrogen) atoms. The van der Waals surface area contributed by atoms with Gasteiger partial charge in [0.2, 0.25) is 5.91 Å². The van der Waals surface area contributed by atoms with Gasteiger partial charge in [0.1, 0.15) is 0 Å². The minimum absolute atomic E-state index is 0.0341. The average molecular weight is 212 g/mol. The van der Waals surface area contributed by atoms with Gasteiger partial charge in [-0.2, -0.15) is 0 Å². The fourth-order valence-electron chi connectivity index (χ4n) is 2.27. The summed E-state index contributed by atoms with van der Waals surface area (Å²) >= 11 is 0. The minimum Gasteiger partial charge on any atom is -0.469 e. The molecule has 0 aromatic heterocycles. The lowest BCUT2D eigenvalue weighted by atomic mass is 9.98. The topological polar surface area (TPSA) is 81.4 Å². The largest absolute Gasteiger partial charge is 0.469 e. The maximum Gasteiger partial charge on any atom is 0.305 e. The third-order valence-electron chi connectivity index (χ3n) is 3.41. The van der Waals surface area contributed by atoms with Crippen molar-refractivity contribution in [3.8, 4) is 0 Å². The second kappa shape index (κ2) is 3.48. The molecule has 1 saturated heterocycles. The van der Waals surface area contributed by atoms with Crippen molar-refractivity contribution < 1.29 is 14.3 Å². The third kappa shape index (κ3) is 1.84. The number of ether oxygens (including phenoxy) is 1. The van der Waals surface area contributed by atoms with Crippen LogP contribution in [0.2, 0.25) is 0 Å². The summed E-state index contributed by atoms with van der Waals surface area (Å²) in [5.41, 5.74) is 5.62. The Morgan fingerprint density at radius 1 is 1.67 bits per heavy atom. The van der Waals surface area contributed by atoms with E-state index in [4.69, 9.17) is 5.73 Å². The van der Waals surface area contributed by atoms with Crippen molar-refractivity contribution in [1.82, 2.24) is 5.32 Å². The van der Waals surface area contributed by atoms with Gasteiger partial charge in [-0.05, 0) is 19.3 Å². The highest BCUT2D eigenvalue weighted by molar-refractivity contribution is 5.84. The maximum absolute atomic E-state index is 11.6. The van der Waals surface area contributed by atoms with Crippen LogP contribution in [0, 0.1) is 5.92 Å². The highest BCUT2D eigenvalue weighted by Gasteiger charge is 2.58. The quantitative estimate of drug-likeness (QED) is 0.620. The molecule has 0 aromatic carbocycles. The van der Waals surface area contributed by atoms with Crippen LogP contribution in [0.1, 0.15) is 25.7 Å². The molecule has 0 aromatic rings. The van der Waals surface area contributed by atoms with E-state index in [9.17, 15) is 9.59 Å². The van der Waals surface area contributed by atoms with Gasteiger partial charge in [0.05, 0.1) is 12.6 Å². The summed E-state index contributed by atoms with van der Waals surface area (Å²) in [6.45, 7) is 0. The zero-order valence-corrected chi connectivity index (χ0v) is 8.79. The molecule has 1 saturated carbocycles. The van der Waals surface area contributed by atoms with Gasteiger partial charge >= 0.3 is 5.97 Å². The predicted molar refractivity (Wildman–Crippen MR) is 52.8 cm³/mol. The fourth-order valence-corrected chi connectivity index (χ4v) is 2.27. The first kappa shape index (κ1) is 10.4. The van der Waals surface area contributed by atoms with Gasteiger partial charge < -0.3 is 15.8 Å². The van der Waals surface area contributed by atoms with Gasteiger partial charge in [-0.3, -0.25) is 9.59 Å². The van der Waals surface area contributed by atoms with E-state index in [-0.39, 0.29) is 29.4 Å². The molecule has 0 unspecified atom stereocenters. The van der Waals surface area contributed by atoms with Gasteiger partial charge in [0.25, 0.3) is 0 Å². The number of amides is 1. The highest BCUT2D eigenvalue weighted by atomic mass is 16.5. The minimum atomic E-state index is -0.260. The Labute approximate surface area is 88.3 Å². The summed E-state index contributed by atoms with van der Waals surface area (Å²) < 4.78 is 4.54. The number of esters is 1. The summed E-state index contributed by atoms with van der Waals surface area (Å²) in [5, 5.41) is 2.93. The Bertz CT molecular complexity index is 305. The monoisotopic (exact) mass is 212 g/mol. The molecule has 5 heteroatoms. The van der Waals surface area contributed by atoms with Crippen LogP contribution in [-0.4, -0.2) is 30.6 Å². The van der Waals surface area contributed by atoms with Crippen LogP contribution in [0.25, 0.3) is 0 Å². The van der Waals surface area contributed by atoms with Crippen LogP contribution < -0.4 is 11.1 Å². The number of nitrogens with two attached hydrogens (primary N) is 1. The second-order valence-electron chi connectivity index (χ2n) is 4.47. The molecule has 1 aliphatic heterocycles.